The number of benzene rings is 3. The van der Waals surface area contributed by atoms with Gasteiger partial charge in [-0.2, -0.15) is 0 Å². The topological polar surface area (TPSA) is 80.9 Å². The number of hydrogen-bond acceptors (Lipinski definition) is 5. The van der Waals surface area contributed by atoms with E-state index in [2.05, 4.69) is 74.8 Å². The number of para-hydroxylation sites is 1. The average molecular weight is 620 g/mol. The van der Waals surface area contributed by atoms with Gasteiger partial charge in [-0.3, -0.25) is 9.59 Å². The van der Waals surface area contributed by atoms with Crippen LogP contribution >= 0.6 is 0 Å². The van der Waals surface area contributed by atoms with E-state index < -0.39 is 5.60 Å². The summed E-state index contributed by atoms with van der Waals surface area (Å²) >= 11 is 0. The molecule has 240 valence electrons. The Kier molecular flexibility index (Phi) is 8.47. The molecule has 3 aromatic carbocycles. The number of nitrogens with one attached hydrogen (secondary N) is 2. The predicted octanol–water partition coefficient (Wildman–Crippen LogP) is 5.83. The number of aromatic nitrogens is 1. The van der Waals surface area contributed by atoms with Crippen molar-refractivity contribution in [3.8, 4) is 16.9 Å². The van der Waals surface area contributed by atoms with Crippen molar-refractivity contribution in [1.29, 1.82) is 0 Å². The first-order valence-corrected chi connectivity index (χ1v) is 16.9. The van der Waals surface area contributed by atoms with E-state index in [-0.39, 0.29) is 17.7 Å². The van der Waals surface area contributed by atoms with Crippen LogP contribution in [-0.2, 0) is 16.1 Å². The van der Waals surface area contributed by atoms with Crippen molar-refractivity contribution in [3.63, 3.8) is 0 Å². The van der Waals surface area contributed by atoms with Crippen molar-refractivity contribution in [3.05, 3.63) is 84.6 Å². The highest BCUT2D eigenvalue weighted by molar-refractivity contribution is 5.95. The first-order chi connectivity index (χ1) is 22.4. The highest BCUT2D eigenvalue weighted by Crippen LogP contribution is 2.34. The number of rotatable bonds is 9. The van der Waals surface area contributed by atoms with Crippen LogP contribution in [-0.4, -0.2) is 77.5 Å². The minimum atomic E-state index is -0.964. The van der Waals surface area contributed by atoms with E-state index >= 15 is 0 Å². The number of H-pyrrole nitrogens is 1. The van der Waals surface area contributed by atoms with Gasteiger partial charge in [0.15, 0.2) is 5.60 Å². The van der Waals surface area contributed by atoms with E-state index in [0.717, 1.165) is 56.5 Å². The molecule has 0 unspecified atom stereocenters. The molecule has 7 rings (SSSR count). The molecule has 2 N–H and O–H groups in total. The van der Waals surface area contributed by atoms with E-state index in [9.17, 15) is 9.59 Å². The van der Waals surface area contributed by atoms with Gasteiger partial charge in [0.05, 0.1) is 5.92 Å². The summed E-state index contributed by atoms with van der Waals surface area (Å²) in [5.41, 5.74) is 4.75. The van der Waals surface area contributed by atoms with Gasteiger partial charge in [0, 0.05) is 86.3 Å². The lowest BCUT2D eigenvalue weighted by Crippen LogP contribution is -2.54. The van der Waals surface area contributed by atoms with Crippen LogP contribution in [0.25, 0.3) is 22.0 Å². The molecule has 2 amide bonds. The Morgan fingerprint density at radius 2 is 1.72 bits per heavy atom. The molecular formula is C38H45N5O3. The Bertz CT molecular complexity index is 1690. The third kappa shape index (κ3) is 6.49. The predicted molar refractivity (Wildman–Crippen MR) is 183 cm³/mol. The number of fused-ring (bicyclic) bond motifs is 1. The number of hydrogen-bond donors (Lipinski definition) is 2. The van der Waals surface area contributed by atoms with Gasteiger partial charge in [0.2, 0.25) is 5.91 Å². The summed E-state index contributed by atoms with van der Waals surface area (Å²) < 4.78 is 6.30. The van der Waals surface area contributed by atoms with E-state index in [1.54, 1.807) is 0 Å². The molecule has 3 fully saturated rings. The van der Waals surface area contributed by atoms with E-state index in [4.69, 9.17) is 4.74 Å². The normalized spacial score (nSPS) is 18.9. The number of piperazine rings is 1. The van der Waals surface area contributed by atoms with Crippen LogP contribution in [0.1, 0.15) is 45.1 Å². The van der Waals surface area contributed by atoms with Gasteiger partial charge in [-0.1, -0.05) is 48.5 Å². The Balaban J connectivity index is 1.01. The van der Waals surface area contributed by atoms with Gasteiger partial charge in [0.1, 0.15) is 5.75 Å². The SMILES string of the molecule is CC(C)(Oc1cccc(N2CCC[C@@H](C(=O)N(Cc3ccc(-c4c[nH]c5ccccc45)cc3)C3CC3)C2)c1)C(=O)N1CCNCC1. The first-order valence-electron chi connectivity index (χ1n) is 16.9. The summed E-state index contributed by atoms with van der Waals surface area (Å²) in [6.07, 6.45) is 6.10. The van der Waals surface area contributed by atoms with Crippen molar-refractivity contribution in [2.75, 3.05) is 44.2 Å². The van der Waals surface area contributed by atoms with Crippen LogP contribution in [0.5, 0.6) is 5.75 Å². The van der Waals surface area contributed by atoms with E-state index in [0.29, 0.717) is 38.0 Å². The lowest BCUT2D eigenvalue weighted by Gasteiger charge is -2.37. The summed E-state index contributed by atoms with van der Waals surface area (Å²) in [4.78, 5) is 37.0. The molecule has 0 radical (unpaired) electrons. The zero-order valence-corrected chi connectivity index (χ0v) is 27.0. The third-order valence-corrected chi connectivity index (χ3v) is 9.72. The summed E-state index contributed by atoms with van der Waals surface area (Å²) in [6.45, 7) is 8.94. The summed E-state index contributed by atoms with van der Waals surface area (Å²) in [5.74, 6) is 0.907. The standard InChI is InChI=1S/C38H45N5O3/c1-38(2,37(45)41-21-18-39-19-22-41)46-32-9-5-8-31(23-32)42-20-6-7-29(26-42)36(44)43(30-16-17-30)25-27-12-14-28(15-13-27)34-24-40-35-11-4-3-10-33(34)35/h3-5,8-15,23-24,29-30,39-40H,6-7,16-22,25-26H2,1-2H3/t29-/m1/s1. The molecule has 1 saturated carbocycles. The average Bonchev–Trinajstić information content (AvgIpc) is 3.85. The first kappa shape index (κ1) is 30.4. The van der Waals surface area contributed by atoms with Crippen LogP contribution in [0.3, 0.4) is 0 Å². The maximum Gasteiger partial charge on any atom is 0.266 e. The number of aromatic amines is 1. The van der Waals surface area contributed by atoms with Crippen molar-refractivity contribution < 1.29 is 14.3 Å². The van der Waals surface area contributed by atoms with Crippen LogP contribution in [0.2, 0.25) is 0 Å². The fourth-order valence-electron chi connectivity index (χ4n) is 7.05. The second-order valence-electron chi connectivity index (χ2n) is 13.6. The molecule has 2 saturated heterocycles. The van der Waals surface area contributed by atoms with E-state index in [1.807, 2.05) is 43.0 Å². The summed E-state index contributed by atoms with van der Waals surface area (Å²) in [6, 6.07) is 25.4. The highest BCUT2D eigenvalue weighted by atomic mass is 16.5. The van der Waals surface area contributed by atoms with Gasteiger partial charge in [-0.25, -0.2) is 0 Å². The third-order valence-electron chi connectivity index (χ3n) is 9.72. The number of amides is 2. The number of nitrogens with zero attached hydrogens (tertiary/aromatic N) is 3. The zero-order chi connectivity index (χ0) is 31.7. The number of anilines is 1. The second-order valence-corrected chi connectivity index (χ2v) is 13.6. The van der Waals surface area contributed by atoms with Gasteiger partial charge in [0.25, 0.3) is 5.91 Å². The quantitative estimate of drug-likeness (QED) is 0.247. The molecule has 1 aliphatic carbocycles. The van der Waals surface area contributed by atoms with Crippen LogP contribution in [0.4, 0.5) is 5.69 Å². The monoisotopic (exact) mass is 619 g/mol. The van der Waals surface area contributed by atoms with Gasteiger partial charge < -0.3 is 29.7 Å². The Hall–Kier alpha value is -4.30. The molecule has 8 nitrogen and oxygen atoms in total. The van der Waals surface area contributed by atoms with Crippen LogP contribution in [0, 0.1) is 5.92 Å². The maximum absolute atomic E-state index is 14.1. The fraction of sp³-hybridized carbons (Fsp3) is 0.421. The largest absolute Gasteiger partial charge is 0.478 e. The van der Waals surface area contributed by atoms with Crippen molar-refractivity contribution >= 4 is 28.4 Å². The zero-order valence-electron chi connectivity index (χ0n) is 27.0. The number of carbonyl (C=O) groups excluding carboxylic acids is 2. The van der Waals surface area contributed by atoms with Gasteiger partial charge in [-0.15, -0.1) is 0 Å². The molecule has 2 aliphatic heterocycles. The van der Waals surface area contributed by atoms with Crippen LogP contribution in [0.15, 0.2) is 79.0 Å². The second kappa shape index (κ2) is 12.8. The Morgan fingerprint density at radius 3 is 2.50 bits per heavy atom. The number of piperidine rings is 1. The molecule has 3 heterocycles. The minimum absolute atomic E-state index is 0.0100. The maximum atomic E-state index is 14.1. The molecule has 3 aliphatic rings. The van der Waals surface area contributed by atoms with Gasteiger partial charge in [-0.05, 0) is 68.9 Å². The minimum Gasteiger partial charge on any atom is -0.478 e. The number of ether oxygens (including phenoxy) is 1. The van der Waals surface area contributed by atoms with Crippen molar-refractivity contribution in [2.45, 2.75) is 57.7 Å². The molecule has 1 atom stereocenters. The lowest BCUT2D eigenvalue weighted by molar-refractivity contribution is -0.146. The molecule has 8 heteroatoms. The lowest BCUT2D eigenvalue weighted by atomic mass is 9.95. The molecular weight excluding hydrogens is 574 g/mol. The number of carbonyl (C=O) groups is 2. The molecule has 1 aromatic heterocycles. The Labute approximate surface area is 271 Å². The van der Waals surface area contributed by atoms with Crippen molar-refractivity contribution in [2.24, 2.45) is 5.92 Å². The molecule has 4 aromatic rings. The smallest absolute Gasteiger partial charge is 0.266 e. The van der Waals surface area contributed by atoms with Crippen molar-refractivity contribution in [1.82, 2.24) is 20.1 Å². The van der Waals surface area contributed by atoms with E-state index in [1.165, 1.54) is 22.1 Å². The molecule has 46 heavy (non-hydrogen) atoms. The van der Waals surface area contributed by atoms with Gasteiger partial charge >= 0.3 is 0 Å². The molecule has 0 bridgehead atoms. The molecule has 0 spiro atoms. The highest BCUT2D eigenvalue weighted by Gasteiger charge is 2.38. The Morgan fingerprint density at radius 1 is 0.935 bits per heavy atom. The fourth-order valence-corrected chi connectivity index (χ4v) is 7.05. The summed E-state index contributed by atoms with van der Waals surface area (Å²) in [5, 5.41) is 4.52. The summed E-state index contributed by atoms with van der Waals surface area (Å²) in [7, 11) is 0. The van der Waals surface area contributed by atoms with Crippen LogP contribution < -0.4 is 15.0 Å².